The Labute approximate surface area is 159 Å². The molecule has 0 saturated heterocycles. The highest BCUT2D eigenvalue weighted by Gasteiger charge is 2.24. The van der Waals surface area contributed by atoms with Crippen LogP contribution in [0.2, 0.25) is 5.02 Å². The molecule has 0 bridgehead atoms. The monoisotopic (exact) mass is 400 g/mol. The van der Waals surface area contributed by atoms with Gasteiger partial charge in [-0.2, -0.15) is 9.29 Å². The predicted octanol–water partition coefficient (Wildman–Crippen LogP) is 3.56. The zero-order chi connectivity index (χ0) is 19.3. The summed E-state index contributed by atoms with van der Waals surface area (Å²) in [6.07, 6.45) is 0.747. The van der Waals surface area contributed by atoms with E-state index in [4.69, 9.17) is 16.1 Å². The molecule has 2 rings (SSSR count). The highest BCUT2D eigenvalue weighted by molar-refractivity contribution is 7.89. The summed E-state index contributed by atoms with van der Waals surface area (Å²) in [7, 11) is -3.64. The molecule has 0 aliphatic rings. The van der Waals surface area contributed by atoms with E-state index < -0.39 is 10.0 Å². The minimum atomic E-state index is -3.64. The summed E-state index contributed by atoms with van der Waals surface area (Å²) in [5.41, 5.74) is 0.615. The van der Waals surface area contributed by atoms with Crippen molar-refractivity contribution in [2.45, 2.75) is 45.6 Å². The van der Waals surface area contributed by atoms with Crippen LogP contribution in [0.25, 0.3) is 0 Å². The number of hydrogen-bond donors (Lipinski definition) is 1. The largest absolute Gasteiger partial charge is 0.376 e. The molecule has 1 aromatic heterocycles. The summed E-state index contributed by atoms with van der Waals surface area (Å²) >= 11 is 6.13. The number of nitrogens with zero attached hydrogens (tertiary/aromatic N) is 3. The lowest BCUT2D eigenvalue weighted by Crippen LogP contribution is -2.30. The first-order chi connectivity index (χ1) is 12.3. The number of nitrogens with one attached hydrogen (secondary N) is 1. The third-order valence-corrected chi connectivity index (χ3v) is 6.33. The average molecular weight is 401 g/mol. The van der Waals surface area contributed by atoms with Gasteiger partial charge in [0.25, 0.3) is 0 Å². The third kappa shape index (κ3) is 4.96. The normalized spacial score (nSPS) is 12.1. The topological polar surface area (TPSA) is 88.3 Å². The standard InChI is InChI=1S/C17H25ClN4O3S/c1-5-22(6-2)26(23,24)15-10-13(7-8-14(15)18)19-11-17-20-16(21-25-17)9-12(3)4/h7-8,10,12,19H,5-6,9,11H2,1-4H3. The molecule has 1 aromatic carbocycles. The molecular formula is C17H25ClN4O3S. The first-order valence-corrected chi connectivity index (χ1v) is 10.4. The van der Waals surface area contributed by atoms with E-state index in [1.165, 1.54) is 10.4 Å². The van der Waals surface area contributed by atoms with Crippen molar-refractivity contribution in [1.29, 1.82) is 0 Å². The molecule has 0 aliphatic heterocycles. The second-order valence-corrected chi connectivity index (χ2v) is 8.60. The predicted molar refractivity (Wildman–Crippen MR) is 102 cm³/mol. The van der Waals surface area contributed by atoms with E-state index in [-0.39, 0.29) is 9.92 Å². The Morgan fingerprint density at radius 3 is 2.58 bits per heavy atom. The molecule has 0 fully saturated rings. The lowest BCUT2D eigenvalue weighted by atomic mass is 10.1. The zero-order valence-electron chi connectivity index (χ0n) is 15.5. The van der Waals surface area contributed by atoms with Crippen LogP contribution in [-0.2, 0) is 23.0 Å². The first kappa shape index (κ1) is 20.7. The zero-order valence-corrected chi connectivity index (χ0v) is 17.1. The van der Waals surface area contributed by atoms with E-state index in [0.717, 1.165) is 6.42 Å². The average Bonchev–Trinajstić information content (AvgIpc) is 3.01. The van der Waals surface area contributed by atoms with Crippen molar-refractivity contribution >= 4 is 27.3 Å². The lowest BCUT2D eigenvalue weighted by Gasteiger charge is -2.19. The van der Waals surface area contributed by atoms with Crippen LogP contribution >= 0.6 is 11.6 Å². The van der Waals surface area contributed by atoms with Gasteiger partial charge in [0.15, 0.2) is 5.82 Å². The van der Waals surface area contributed by atoms with Gasteiger partial charge in [0.05, 0.1) is 11.6 Å². The third-order valence-electron chi connectivity index (χ3n) is 3.80. The Bertz CT molecular complexity index is 832. The maximum atomic E-state index is 12.7. The molecule has 7 nitrogen and oxygen atoms in total. The molecule has 0 atom stereocenters. The first-order valence-electron chi connectivity index (χ1n) is 8.62. The van der Waals surface area contributed by atoms with Crippen LogP contribution in [0, 0.1) is 5.92 Å². The van der Waals surface area contributed by atoms with Gasteiger partial charge in [-0.25, -0.2) is 8.42 Å². The summed E-state index contributed by atoms with van der Waals surface area (Å²) in [5.74, 6) is 1.55. The molecule has 0 amide bonds. The highest BCUT2D eigenvalue weighted by Crippen LogP contribution is 2.28. The van der Waals surface area contributed by atoms with Crippen molar-refractivity contribution in [3.8, 4) is 0 Å². The number of aromatic nitrogens is 2. The van der Waals surface area contributed by atoms with Crippen molar-refractivity contribution < 1.29 is 12.9 Å². The van der Waals surface area contributed by atoms with E-state index in [2.05, 4.69) is 29.3 Å². The molecule has 0 unspecified atom stereocenters. The number of hydrogen-bond acceptors (Lipinski definition) is 6. The molecular weight excluding hydrogens is 376 g/mol. The van der Waals surface area contributed by atoms with Crippen molar-refractivity contribution in [1.82, 2.24) is 14.4 Å². The molecule has 0 radical (unpaired) electrons. The van der Waals surface area contributed by atoms with Gasteiger partial charge in [0.2, 0.25) is 15.9 Å². The molecule has 26 heavy (non-hydrogen) atoms. The van der Waals surface area contributed by atoms with Gasteiger partial charge in [-0.3, -0.25) is 0 Å². The molecule has 0 saturated carbocycles. The van der Waals surface area contributed by atoms with Crippen molar-refractivity contribution in [3.63, 3.8) is 0 Å². The molecule has 1 heterocycles. The van der Waals surface area contributed by atoms with Crippen LogP contribution in [0.4, 0.5) is 5.69 Å². The fourth-order valence-corrected chi connectivity index (χ4v) is 4.46. The fourth-order valence-electron chi connectivity index (χ4n) is 2.50. The Hall–Kier alpha value is -1.64. The van der Waals surface area contributed by atoms with Crippen LogP contribution in [0.3, 0.4) is 0 Å². The van der Waals surface area contributed by atoms with E-state index in [1.54, 1.807) is 26.0 Å². The van der Waals surface area contributed by atoms with Gasteiger partial charge in [-0.1, -0.05) is 44.5 Å². The van der Waals surface area contributed by atoms with Crippen molar-refractivity contribution in [2.24, 2.45) is 5.92 Å². The Balaban J connectivity index is 2.15. The van der Waals surface area contributed by atoms with E-state index in [1.807, 2.05) is 0 Å². The van der Waals surface area contributed by atoms with Gasteiger partial charge < -0.3 is 9.84 Å². The van der Waals surface area contributed by atoms with Crippen LogP contribution < -0.4 is 5.32 Å². The fraction of sp³-hybridized carbons (Fsp3) is 0.529. The Morgan fingerprint density at radius 1 is 1.27 bits per heavy atom. The highest BCUT2D eigenvalue weighted by atomic mass is 35.5. The van der Waals surface area contributed by atoms with Gasteiger partial charge in [0, 0.05) is 25.2 Å². The van der Waals surface area contributed by atoms with Gasteiger partial charge in [-0.15, -0.1) is 0 Å². The number of halogens is 1. The Morgan fingerprint density at radius 2 is 1.96 bits per heavy atom. The van der Waals surface area contributed by atoms with E-state index in [9.17, 15) is 8.42 Å². The van der Waals surface area contributed by atoms with Gasteiger partial charge in [-0.05, 0) is 24.1 Å². The Kier molecular flexibility index (Phi) is 7.02. The van der Waals surface area contributed by atoms with Crippen LogP contribution in [0.1, 0.15) is 39.4 Å². The smallest absolute Gasteiger partial charge is 0.245 e. The van der Waals surface area contributed by atoms with Gasteiger partial charge in [0.1, 0.15) is 4.90 Å². The summed E-state index contributed by atoms with van der Waals surface area (Å²) in [6, 6.07) is 4.81. The second kappa shape index (κ2) is 8.83. The minimum absolute atomic E-state index is 0.0823. The molecule has 0 aliphatic carbocycles. The van der Waals surface area contributed by atoms with E-state index in [0.29, 0.717) is 43.0 Å². The van der Waals surface area contributed by atoms with Gasteiger partial charge >= 0.3 is 0 Å². The molecule has 144 valence electrons. The van der Waals surface area contributed by atoms with Crippen LogP contribution in [0.15, 0.2) is 27.6 Å². The second-order valence-electron chi connectivity index (χ2n) is 6.29. The quantitative estimate of drug-likeness (QED) is 0.692. The molecule has 0 spiro atoms. The lowest BCUT2D eigenvalue weighted by molar-refractivity contribution is 0.375. The summed E-state index contributed by atoms with van der Waals surface area (Å²) in [4.78, 5) is 4.40. The maximum absolute atomic E-state index is 12.7. The number of anilines is 1. The molecule has 9 heteroatoms. The molecule has 1 N–H and O–H groups in total. The van der Waals surface area contributed by atoms with Crippen LogP contribution in [0.5, 0.6) is 0 Å². The molecule has 2 aromatic rings. The summed E-state index contributed by atoms with van der Waals surface area (Å²) < 4.78 is 32.0. The summed E-state index contributed by atoms with van der Waals surface area (Å²) in [6.45, 7) is 8.82. The number of rotatable bonds is 9. The minimum Gasteiger partial charge on any atom is -0.376 e. The maximum Gasteiger partial charge on any atom is 0.245 e. The van der Waals surface area contributed by atoms with Crippen LogP contribution in [-0.4, -0.2) is 36.0 Å². The SMILES string of the molecule is CCN(CC)S(=O)(=O)c1cc(NCc2nc(CC(C)C)no2)ccc1Cl. The van der Waals surface area contributed by atoms with Crippen molar-refractivity contribution in [3.05, 3.63) is 34.9 Å². The van der Waals surface area contributed by atoms with Crippen molar-refractivity contribution in [2.75, 3.05) is 18.4 Å². The number of benzene rings is 1. The summed E-state index contributed by atoms with van der Waals surface area (Å²) in [5, 5.41) is 7.23. The van der Waals surface area contributed by atoms with E-state index >= 15 is 0 Å². The number of sulfonamides is 1.